The molecule has 2 aliphatic heterocycles. The fourth-order valence-electron chi connectivity index (χ4n) is 4.72. The number of carbonyl (C=O) groups excluding carboxylic acids is 3. The zero-order chi connectivity index (χ0) is 21.4. The number of aromatic amines is 1. The zero-order valence-corrected chi connectivity index (χ0v) is 17.2. The van der Waals surface area contributed by atoms with Gasteiger partial charge in [-0.3, -0.25) is 24.3 Å². The Balaban J connectivity index is 1.13. The monoisotopic (exact) mass is 416 g/mol. The molecule has 0 radical (unpaired) electrons. The highest BCUT2D eigenvalue weighted by atomic mass is 16.2. The van der Waals surface area contributed by atoms with Gasteiger partial charge in [0.15, 0.2) is 0 Å². The zero-order valence-electron chi connectivity index (χ0n) is 17.2. The van der Waals surface area contributed by atoms with Gasteiger partial charge in [0.1, 0.15) is 0 Å². The number of aromatic nitrogens is 2. The van der Waals surface area contributed by atoms with Crippen molar-refractivity contribution >= 4 is 28.8 Å². The molecule has 0 unspecified atom stereocenters. The SMILES string of the molecule is O=C(CCCN1C(=O)c2ccccc2C1=O)N1CCC(c2c[nH]c3cccnc23)CC1. The number of benzene rings is 1. The molecule has 3 amide bonds. The number of H-pyrrole nitrogens is 1. The maximum atomic E-state index is 12.7. The summed E-state index contributed by atoms with van der Waals surface area (Å²) < 4.78 is 0. The number of hydrogen-bond acceptors (Lipinski definition) is 4. The third-order valence-electron chi connectivity index (χ3n) is 6.40. The first kappa shape index (κ1) is 19.5. The number of imide groups is 1. The van der Waals surface area contributed by atoms with Gasteiger partial charge in [-0.15, -0.1) is 0 Å². The Morgan fingerprint density at radius 3 is 2.45 bits per heavy atom. The van der Waals surface area contributed by atoms with E-state index in [9.17, 15) is 14.4 Å². The molecular weight excluding hydrogens is 392 g/mol. The van der Waals surface area contributed by atoms with E-state index in [1.54, 1.807) is 24.3 Å². The van der Waals surface area contributed by atoms with Crippen molar-refractivity contribution in [2.45, 2.75) is 31.6 Å². The number of rotatable bonds is 5. The van der Waals surface area contributed by atoms with E-state index in [0.717, 1.165) is 37.0 Å². The minimum atomic E-state index is -0.263. The van der Waals surface area contributed by atoms with Crippen LogP contribution in [0.3, 0.4) is 0 Å². The topological polar surface area (TPSA) is 86.4 Å². The van der Waals surface area contributed by atoms with Crippen molar-refractivity contribution in [2.75, 3.05) is 19.6 Å². The molecule has 3 aromatic rings. The van der Waals surface area contributed by atoms with Crippen LogP contribution in [0.2, 0.25) is 0 Å². The van der Waals surface area contributed by atoms with Gasteiger partial charge in [-0.05, 0) is 55.0 Å². The van der Waals surface area contributed by atoms with E-state index in [1.807, 2.05) is 29.4 Å². The average molecular weight is 416 g/mol. The second-order valence-electron chi connectivity index (χ2n) is 8.21. The standard InChI is InChI=1S/C24H24N4O3/c29-21(8-4-12-28-23(30)17-5-1-2-6-18(17)24(28)31)27-13-9-16(10-14-27)19-15-26-20-7-3-11-25-22(19)20/h1-3,5-7,11,15-16,26H,4,8-10,12-14H2. The largest absolute Gasteiger partial charge is 0.360 e. The second-order valence-corrected chi connectivity index (χ2v) is 8.21. The molecule has 2 aliphatic rings. The molecule has 7 heteroatoms. The van der Waals surface area contributed by atoms with Crippen LogP contribution in [-0.2, 0) is 4.79 Å². The van der Waals surface area contributed by atoms with Crippen LogP contribution in [0.25, 0.3) is 11.0 Å². The first-order chi connectivity index (χ1) is 15.1. The lowest BCUT2D eigenvalue weighted by Gasteiger charge is -2.32. The summed E-state index contributed by atoms with van der Waals surface area (Å²) in [5.41, 5.74) is 4.20. The van der Waals surface area contributed by atoms with Crippen LogP contribution in [0.5, 0.6) is 0 Å². The van der Waals surface area contributed by atoms with Crippen LogP contribution < -0.4 is 0 Å². The van der Waals surface area contributed by atoms with Crippen LogP contribution in [0, 0.1) is 0 Å². The van der Waals surface area contributed by atoms with E-state index in [0.29, 0.717) is 29.9 Å². The van der Waals surface area contributed by atoms with Gasteiger partial charge < -0.3 is 9.88 Å². The average Bonchev–Trinajstić information content (AvgIpc) is 3.34. The summed E-state index contributed by atoms with van der Waals surface area (Å²) in [5, 5.41) is 0. The Morgan fingerprint density at radius 2 is 1.74 bits per heavy atom. The van der Waals surface area contributed by atoms with Crippen molar-refractivity contribution in [2.24, 2.45) is 0 Å². The van der Waals surface area contributed by atoms with Gasteiger partial charge in [-0.2, -0.15) is 0 Å². The van der Waals surface area contributed by atoms with Gasteiger partial charge >= 0.3 is 0 Å². The number of fused-ring (bicyclic) bond motifs is 2. The molecule has 31 heavy (non-hydrogen) atoms. The Hall–Kier alpha value is -3.48. The highest BCUT2D eigenvalue weighted by molar-refractivity contribution is 6.21. The molecule has 4 heterocycles. The predicted octanol–water partition coefficient (Wildman–Crippen LogP) is 3.35. The fraction of sp³-hybridized carbons (Fsp3) is 0.333. The molecule has 0 spiro atoms. The summed E-state index contributed by atoms with van der Waals surface area (Å²) in [4.78, 5) is 48.5. The smallest absolute Gasteiger partial charge is 0.261 e. The lowest BCUT2D eigenvalue weighted by molar-refractivity contribution is -0.132. The third kappa shape index (κ3) is 3.50. The molecule has 158 valence electrons. The lowest BCUT2D eigenvalue weighted by Crippen LogP contribution is -2.38. The Kier molecular flexibility index (Phi) is 5.02. The van der Waals surface area contributed by atoms with Crippen LogP contribution in [-0.4, -0.2) is 57.1 Å². The van der Waals surface area contributed by atoms with Crippen molar-refractivity contribution in [3.05, 3.63) is 65.5 Å². The maximum Gasteiger partial charge on any atom is 0.261 e. The van der Waals surface area contributed by atoms with Crippen molar-refractivity contribution in [1.82, 2.24) is 19.8 Å². The third-order valence-corrected chi connectivity index (χ3v) is 6.40. The van der Waals surface area contributed by atoms with Crippen molar-refractivity contribution in [3.8, 4) is 0 Å². The summed E-state index contributed by atoms with van der Waals surface area (Å²) in [7, 11) is 0. The molecule has 2 aromatic heterocycles. The molecule has 5 rings (SSSR count). The van der Waals surface area contributed by atoms with E-state index in [1.165, 1.54) is 10.5 Å². The van der Waals surface area contributed by atoms with Crippen molar-refractivity contribution < 1.29 is 14.4 Å². The number of nitrogens with one attached hydrogen (secondary N) is 1. The Labute approximate surface area is 180 Å². The predicted molar refractivity (Wildman–Crippen MR) is 116 cm³/mol. The van der Waals surface area contributed by atoms with Gasteiger partial charge in [0, 0.05) is 38.4 Å². The molecule has 0 saturated carbocycles. The molecule has 7 nitrogen and oxygen atoms in total. The van der Waals surface area contributed by atoms with E-state index < -0.39 is 0 Å². The summed E-state index contributed by atoms with van der Waals surface area (Å²) in [6.07, 6.45) is 6.50. The Morgan fingerprint density at radius 1 is 1.03 bits per heavy atom. The highest BCUT2D eigenvalue weighted by Gasteiger charge is 2.34. The first-order valence-corrected chi connectivity index (χ1v) is 10.8. The minimum Gasteiger partial charge on any atom is -0.360 e. The summed E-state index contributed by atoms with van der Waals surface area (Å²) in [5.74, 6) is -0.0411. The van der Waals surface area contributed by atoms with Crippen LogP contribution >= 0.6 is 0 Å². The molecule has 1 aromatic carbocycles. The van der Waals surface area contributed by atoms with Gasteiger partial charge in [-0.25, -0.2) is 0 Å². The lowest BCUT2D eigenvalue weighted by atomic mass is 9.90. The van der Waals surface area contributed by atoms with Crippen molar-refractivity contribution in [1.29, 1.82) is 0 Å². The molecule has 0 atom stereocenters. The summed E-state index contributed by atoms with van der Waals surface area (Å²) in [6, 6.07) is 10.8. The van der Waals surface area contributed by atoms with Gasteiger partial charge in [0.25, 0.3) is 11.8 Å². The van der Waals surface area contributed by atoms with E-state index in [4.69, 9.17) is 0 Å². The fourth-order valence-corrected chi connectivity index (χ4v) is 4.72. The normalized spacial score (nSPS) is 16.9. The molecule has 1 N–H and O–H groups in total. The van der Waals surface area contributed by atoms with E-state index >= 15 is 0 Å². The number of pyridine rings is 1. The number of carbonyl (C=O) groups is 3. The molecule has 1 fully saturated rings. The second kappa shape index (κ2) is 7.98. The van der Waals surface area contributed by atoms with E-state index in [2.05, 4.69) is 9.97 Å². The van der Waals surface area contributed by atoms with Crippen molar-refractivity contribution in [3.63, 3.8) is 0 Å². The van der Waals surface area contributed by atoms with Crippen LogP contribution in [0.4, 0.5) is 0 Å². The highest BCUT2D eigenvalue weighted by Crippen LogP contribution is 2.32. The molecule has 0 aliphatic carbocycles. The Bertz CT molecular complexity index is 1130. The summed E-state index contributed by atoms with van der Waals surface area (Å²) in [6.45, 7) is 1.71. The van der Waals surface area contributed by atoms with Gasteiger partial charge in [-0.1, -0.05) is 12.1 Å². The molecule has 0 bridgehead atoms. The molecular formula is C24H24N4O3. The van der Waals surface area contributed by atoms with Crippen LogP contribution in [0.1, 0.15) is 57.9 Å². The minimum absolute atomic E-state index is 0.0899. The number of amides is 3. The van der Waals surface area contributed by atoms with E-state index in [-0.39, 0.29) is 24.3 Å². The molecule has 1 saturated heterocycles. The summed E-state index contributed by atoms with van der Waals surface area (Å²) >= 11 is 0. The number of likely N-dealkylation sites (tertiary alicyclic amines) is 1. The van der Waals surface area contributed by atoms with Crippen LogP contribution in [0.15, 0.2) is 48.8 Å². The van der Waals surface area contributed by atoms with Gasteiger partial charge in [0.05, 0.1) is 22.2 Å². The quantitative estimate of drug-likeness (QED) is 0.647. The first-order valence-electron chi connectivity index (χ1n) is 10.8. The van der Waals surface area contributed by atoms with Gasteiger partial charge in [0.2, 0.25) is 5.91 Å². The number of piperidine rings is 1. The maximum absolute atomic E-state index is 12.7. The number of hydrogen-bond donors (Lipinski definition) is 1. The number of nitrogens with zero attached hydrogens (tertiary/aromatic N) is 3.